The van der Waals surface area contributed by atoms with Crippen LogP contribution in [0.5, 0.6) is 5.75 Å². The Labute approximate surface area is 104 Å². The van der Waals surface area contributed by atoms with Gasteiger partial charge in [0, 0.05) is 8.07 Å². The molecule has 1 aliphatic rings. The molecule has 17 heavy (non-hydrogen) atoms. The second-order valence-electron chi connectivity index (χ2n) is 6.13. The highest BCUT2D eigenvalue weighted by atomic mass is 28.3. The van der Waals surface area contributed by atoms with Crippen LogP contribution in [0.15, 0.2) is 18.2 Å². The lowest BCUT2D eigenvalue weighted by molar-refractivity contribution is 0.410. The molecule has 0 radical (unpaired) electrons. The molecular weight excluding hydrogens is 226 g/mol. The van der Waals surface area contributed by atoms with Gasteiger partial charge in [0.1, 0.15) is 5.75 Å². The fourth-order valence-corrected chi connectivity index (χ4v) is 5.03. The third kappa shape index (κ3) is 2.10. The lowest BCUT2D eigenvalue weighted by atomic mass is 9.66. The molecule has 0 aliphatic heterocycles. The second kappa shape index (κ2) is 3.88. The van der Waals surface area contributed by atoms with E-state index in [0.717, 1.165) is 18.2 Å². The molecule has 1 aromatic rings. The molecule has 0 saturated heterocycles. The van der Waals surface area contributed by atoms with Gasteiger partial charge in [-0.3, -0.25) is 0 Å². The van der Waals surface area contributed by atoms with Crippen LogP contribution in [0.4, 0.5) is 0 Å². The van der Waals surface area contributed by atoms with Crippen molar-refractivity contribution in [2.75, 3.05) is 7.11 Å². The minimum absolute atomic E-state index is 0.216. The number of methoxy groups -OCH3 is 1. The number of ether oxygens (including phenoxy) is 1. The lowest BCUT2D eigenvalue weighted by Gasteiger charge is -2.42. The topological polar surface area (TPSA) is 33.0 Å². The van der Waals surface area contributed by atoms with Crippen LogP contribution in [0.3, 0.4) is 0 Å². The molecule has 0 bridgehead atoms. The molecule has 3 heteroatoms. The van der Waals surface area contributed by atoms with Crippen LogP contribution in [-0.2, 0) is 11.8 Å². The van der Waals surface area contributed by atoms with Crippen LogP contribution in [0.25, 0.3) is 0 Å². The Bertz CT molecular complexity index is 484. The molecular formula is C14H19NOSi. The Balaban J connectivity index is 2.33. The molecule has 2 nitrogen and oxygen atoms in total. The number of rotatable bonds is 3. The molecule has 0 fully saturated rings. The summed E-state index contributed by atoms with van der Waals surface area (Å²) in [7, 11) is 0.453. The van der Waals surface area contributed by atoms with Crippen molar-refractivity contribution in [2.24, 2.45) is 0 Å². The summed E-state index contributed by atoms with van der Waals surface area (Å²) in [4.78, 5) is 0. The molecule has 1 unspecified atom stereocenters. The van der Waals surface area contributed by atoms with E-state index in [-0.39, 0.29) is 5.41 Å². The molecule has 1 aliphatic carbocycles. The quantitative estimate of drug-likeness (QED) is 0.765. The predicted molar refractivity (Wildman–Crippen MR) is 72.1 cm³/mol. The average Bonchev–Trinajstić information content (AvgIpc) is 2.23. The normalized spacial score (nSPS) is 22.3. The first-order chi connectivity index (χ1) is 7.90. The maximum absolute atomic E-state index is 9.51. The number of benzene rings is 1. The van der Waals surface area contributed by atoms with E-state index in [9.17, 15) is 5.26 Å². The summed E-state index contributed by atoms with van der Waals surface area (Å²) in [6, 6.07) is 9.71. The number of nitriles is 1. The van der Waals surface area contributed by atoms with E-state index < -0.39 is 8.07 Å². The van der Waals surface area contributed by atoms with Gasteiger partial charge in [-0.2, -0.15) is 5.26 Å². The molecule has 0 heterocycles. The van der Waals surface area contributed by atoms with Gasteiger partial charge in [-0.05, 0) is 35.7 Å². The summed E-state index contributed by atoms with van der Waals surface area (Å²) in [6.07, 6.45) is 0.889. The summed E-state index contributed by atoms with van der Waals surface area (Å²) in [6.45, 7) is 6.98. The molecule has 0 N–H and O–H groups in total. The minimum Gasteiger partial charge on any atom is -0.497 e. The van der Waals surface area contributed by atoms with Crippen LogP contribution in [-0.4, -0.2) is 15.2 Å². The Hall–Kier alpha value is -1.27. The van der Waals surface area contributed by atoms with Crippen LogP contribution in [0, 0.1) is 11.3 Å². The van der Waals surface area contributed by atoms with Crippen molar-refractivity contribution in [1.82, 2.24) is 0 Å². The van der Waals surface area contributed by atoms with Crippen molar-refractivity contribution in [2.45, 2.75) is 37.5 Å². The summed E-state index contributed by atoms with van der Waals surface area (Å²) in [5.74, 6) is 0.892. The van der Waals surface area contributed by atoms with E-state index in [2.05, 4.69) is 37.8 Å². The zero-order valence-electron chi connectivity index (χ0n) is 11.0. The van der Waals surface area contributed by atoms with Gasteiger partial charge in [0.25, 0.3) is 0 Å². The van der Waals surface area contributed by atoms with Gasteiger partial charge in [0.15, 0.2) is 0 Å². The van der Waals surface area contributed by atoms with E-state index in [1.165, 1.54) is 11.1 Å². The third-order valence-electron chi connectivity index (χ3n) is 3.37. The summed E-state index contributed by atoms with van der Waals surface area (Å²) in [5, 5.41) is 9.51. The monoisotopic (exact) mass is 245 g/mol. The largest absolute Gasteiger partial charge is 0.497 e. The maximum Gasteiger partial charge on any atom is 0.119 e. The first-order valence-corrected chi connectivity index (χ1v) is 9.70. The molecule has 2 rings (SSSR count). The van der Waals surface area contributed by atoms with Crippen molar-refractivity contribution in [3.63, 3.8) is 0 Å². The van der Waals surface area contributed by atoms with Gasteiger partial charge in [0.05, 0.1) is 18.6 Å². The van der Waals surface area contributed by atoms with Crippen molar-refractivity contribution >= 4 is 8.07 Å². The van der Waals surface area contributed by atoms with Crippen LogP contribution in [0.1, 0.15) is 11.1 Å². The molecule has 0 aromatic heterocycles. The van der Waals surface area contributed by atoms with Gasteiger partial charge < -0.3 is 4.74 Å². The molecule has 0 amide bonds. The average molecular weight is 245 g/mol. The van der Waals surface area contributed by atoms with E-state index in [1.807, 2.05) is 6.07 Å². The zero-order chi connectivity index (χ0) is 12.7. The fraction of sp³-hybridized carbons (Fsp3) is 0.500. The van der Waals surface area contributed by atoms with Crippen molar-refractivity contribution in [1.29, 1.82) is 5.26 Å². The second-order valence-corrected chi connectivity index (χ2v) is 11.6. The van der Waals surface area contributed by atoms with Gasteiger partial charge in [-0.25, -0.2) is 0 Å². The zero-order valence-corrected chi connectivity index (χ0v) is 12.0. The van der Waals surface area contributed by atoms with Gasteiger partial charge >= 0.3 is 0 Å². The maximum atomic E-state index is 9.51. The number of nitrogens with zero attached hydrogens (tertiary/aromatic N) is 1. The van der Waals surface area contributed by atoms with E-state index >= 15 is 0 Å². The van der Waals surface area contributed by atoms with E-state index in [4.69, 9.17) is 4.74 Å². The van der Waals surface area contributed by atoms with Crippen LogP contribution in [0.2, 0.25) is 25.7 Å². The van der Waals surface area contributed by atoms with Gasteiger partial charge in [-0.1, -0.05) is 25.7 Å². The summed E-state index contributed by atoms with van der Waals surface area (Å²) >= 11 is 0. The Morgan fingerprint density at radius 2 is 2.12 bits per heavy atom. The Kier molecular flexibility index (Phi) is 2.79. The minimum atomic E-state index is -1.23. The molecule has 0 saturated carbocycles. The molecule has 1 aromatic carbocycles. The van der Waals surface area contributed by atoms with Gasteiger partial charge in [-0.15, -0.1) is 0 Å². The molecule has 0 spiro atoms. The summed E-state index contributed by atoms with van der Waals surface area (Å²) in [5.41, 5.74) is 2.29. The first-order valence-electron chi connectivity index (χ1n) is 5.99. The number of hydrogen-bond donors (Lipinski definition) is 0. The number of hydrogen-bond acceptors (Lipinski definition) is 2. The van der Waals surface area contributed by atoms with Crippen LogP contribution >= 0.6 is 0 Å². The van der Waals surface area contributed by atoms with Crippen molar-refractivity contribution in [3.05, 3.63) is 29.3 Å². The predicted octanol–water partition coefficient (Wildman–Crippen LogP) is 3.35. The first kappa shape index (κ1) is 12.2. The summed E-state index contributed by atoms with van der Waals surface area (Å²) < 4.78 is 5.21. The highest BCUT2D eigenvalue weighted by Crippen LogP contribution is 2.47. The lowest BCUT2D eigenvalue weighted by Crippen LogP contribution is -2.43. The van der Waals surface area contributed by atoms with E-state index in [0.29, 0.717) is 0 Å². The third-order valence-corrected chi connectivity index (χ3v) is 5.03. The Morgan fingerprint density at radius 1 is 1.41 bits per heavy atom. The highest BCUT2D eigenvalue weighted by molar-refractivity contribution is 6.76. The molecule has 90 valence electrons. The smallest absolute Gasteiger partial charge is 0.119 e. The molecule has 1 atom stereocenters. The standard InChI is InChI=1S/C14H19NOSi/c1-16-12-5-6-13-11(7-12)8-14(13,9-15)10-17(2,3)4/h5-7H,8,10H2,1-4H3. The van der Waals surface area contributed by atoms with Crippen LogP contribution < -0.4 is 4.74 Å². The van der Waals surface area contributed by atoms with Crippen molar-refractivity contribution < 1.29 is 4.74 Å². The SMILES string of the molecule is COc1ccc2c(c1)CC2(C#N)C[Si](C)(C)C. The fourth-order valence-electron chi connectivity index (χ4n) is 2.83. The Morgan fingerprint density at radius 3 is 2.59 bits per heavy atom. The van der Waals surface area contributed by atoms with Gasteiger partial charge in [0.2, 0.25) is 0 Å². The highest BCUT2D eigenvalue weighted by Gasteiger charge is 2.45. The van der Waals surface area contributed by atoms with Crippen molar-refractivity contribution in [3.8, 4) is 11.8 Å². The van der Waals surface area contributed by atoms with E-state index in [1.54, 1.807) is 7.11 Å². The number of fused-ring (bicyclic) bond motifs is 1.